The topological polar surface area (TPSA) is 86.8 Å². The Balaban J connectivity index is 1.37. The van der Waals surface area contributed by atoms with Crippen LogP contribution in [0.2, 0.25) is 0 Å². The molecule has 4 aliphatic carbocycles. The Morgan fingerprint density at radius 1 is 0.976 bits per heavy atom. The highest BCUT2D eigenvalue weighted by Gasteiger charge is 2.51. The van der Waals surface area contributed by atoms with Gasteiger partial charge in [-0.25, -0.2) is 8.42 Å². The summed E-state index contributed by atoms with van der Waals surface area (Å²) in [7, 11) is -3.76. The minimum Gasteiger partial charge on any atom is -0.354 e. The van der Waals surface area contributed by atoms with Crippen LogP contribution in [0, 0.1) is 17.8 Å². The number of hydrogen-bond donors (Lipinski definition) is 1. The molecule has 0 aromatic heterocycles. The summed E-state index contributed by atoms with van der Waals surface area (Å²) in [4.78, 5) is 28.2. The molecule has 2 aromatic carbocycles. The van der Waals surface area contributed by atoms with Crippen molar-refractivity contribution < 1.29 is 18.0 Å². The number of amides is 2. The van der Waals surface area contributed by atoms with E-state index in [1.165, 1.54) is 53.3 Å². The molecule has 2 aromatic rings. The lowest BCUT2D eigenvalue weighted by Gasteiger charge is -2.57. The van der Waals surface area contributed by atoms with Gasteiger partial charge in [0.05, 0.1) is 11.9 Å². The van der Waals surface area contributed by atoms with Crippen LogP contribution >= 0.6 is 15.9 Å². The predicted molar refractivity (Wildman–Crippen MR) is 166 cm³/mol. The van der Waals surface area contributed by atoms with Gasteiger partial charge in [0.1, 0.15) is 12.6 Å². The molecule has 0 unspecified atom stereocenters. The Labute approximate surface area is 253 Å². The van der Waals surface area contributed by atoms with E-state index in [-0.39, 0.29) is 24.4 Å². The molecule has 1 atom stereocenters. The summed E-state index contributed by atoms with van der Waals surface area (Å²) in [6.07, 6.45) is 9.71. The second-order valence-corrected chi connectivity index (χ2v) is 15.5. The number of nitrogens with one attached hydrogen (secondary N) is 1. The van der Waals surface area contributed by atoms with E-state index >= 15 is 0 Å². The van der Waals surface area contributed by atoms with Crippen molar-refractivity contribution in [1.29, 1.82) is 0 Å². The normalized spacial score (nSPS) is 25.5. The van der Waals surface area contributed by atoms with Gasteiger partial charge in [-0.3, -0.25) is 13.9 Å². The third-order valence-corrected chi connectivity index (χ3v) is 11.1. The molecular formula is C32H42BrN3O4S. The van der Waals surface area contributed by atoms with Gasteiger partial charge in [-0.1, -0.05) is 47.1 Å². The van der Waals surface area contributed by atoms with Crippen LogP contribution in [0.5, 0.6) is 0 Å². The van der Waals surface area contributed by atoms with Gasteiger partial charge in [-0.15, -0.1) is 0 Å². The van der Waals surface area contributed by atoms with E-state index in [0.717, 1.165) is 40.5 Å². The van der Waals surface area contributed by atoms with Gasteiger partial charge in [0.25, 0.3) is 0 Å². The number of hydrogen-bond acceptors (Lipinski definition) is 4. The van der Waals surface area contributed by atoms with E-state index in [0.29, 0.717) is 12.2 Å². The van der Waals surface area contributed by atoms with Crippen LogP contribution in [-0.2, 0) is 31.6 Å². The molecule has 1 N–H and O–H groups in total. The number of anilines is 1. The predicted octanol–water partition coefficient (Wildman–Crippen LogP) is 5.63. The van der Waals surface area contributed by atoms with Gasteiger partial charge in [0, 0.05) is 17.6 Å². The summed E-state index contributed by atoms with van der Waals surface area (Å²) in [5.41, 5.74) is 2.84. The molecule has 2 amide bonds. The molecule has 0 saturated heterocycles. The number of sulfonamides is 1. The zero-order valence-corrected chi connectivity index (χ0v) is 26.7. The Morgan fingerprint density at radius 2 is 1.54 bits per heavy atom. The van der Waals surface area contributed by atoms with E-state index in [1.54, 1.807) is 6.92 Å². The first-order valence-corrected chi connectivity index (χ1v) is 17.5. The molecule has 0 radical (unpaired) electrons. The Kier molecular flexibility index (Phi) is 8.86. The van der Waals surface area contributed by atoms with Gasteiger partial charge < -0.3 is 10.2 Å². The summed E-state index contributed by atoms with van der Waals surface area (Å²) < 4.78 is 28.1. The quantitative estimate of drug-likeness (QED) is 0.344. The number of carbonyl (C=O) groups excluding carboxylic acids is 2. The van der Waals surface area contributed by atoms with E-state index in [9.17, 15) is 18.0 Å². The lowest BCUT2D eigenvalue weighted by Crippen LogP contribution is -2.51. The monoisotopic (exact) mass is 643 g/mol. The van der Waals surface area contributed by atoms with Crippen molar-refractivity contribution in [2.24, 2.45) is 17.8 Å². The van der Waals surface area contributed by atoms with Gasteiger partial charge in [0.15, 0.2) is 0 Å². The number of benzene rings is 2. The van der Waals surface area contributed by atoms with Crippen LogP contribution in [0.4, 0.5) is 5.69 Å². The lowest BCUT2D eigenvalue weighted by atomic mass is 9.48. The van der Waals surface area contributed by atoms with Crippen LogP contribution in [0.15, 0.2) is 53.0 Å². The number of halogens is 1. The first kappa shape index (κ1) is 30.1. The molecule has 4 saturated carbocycles. The summed E-state index contributed by atoms with van der Waals surface area (Å²) in [5, 5.41) is 2.87. The maximum Gasteiger partial charge on any atom is 0.244 e. The molecule has 0 aliphatic heterocycles. The summed E-state index contributed by atoms with van der Waals surface area (Å²) in [6.45, 7) is 3.98. The Bertz CT molecular complexity index is 1330. The van der Waals surface area contributed by atoms with E-state index in [1.807, 2.05) is 43.3 Å². The SMILES string of the molecule is CCCNC(=O)[C@@H](C)N(Cc1ccc(Br)cc1)C(=O)CN(c1ccc(C23CC4CC(CC(C4)C2)C3)cc1)S(C)(=O)=O. The van der Waals surface area contributed by atoms with E-state index in [2.05, 4.69) is 33.4 Å². The third kappa shape index (κ3) is 6.66. The van der Waals surface area contributed by atoms with E-state index in [4.69, 9.17) is 0 Å². The van der Waals surface area contributed by atoms with Crippen LogP contribution in [0.25, 0.3) is 0 Å². The molecule has 4 fully saturated rings. The van der Waals surface area contributed by atoms with Crippen molar-refractivity contribution in [2.75, 3.05) is 23.7 Å². The Hall–Kier alpha value is -2.39. The maximum atomic E-state index is 13.8. The average molecular weight is 645 g/mol. The number of nitrogens with zero attached hydrogens (tertiary/aromatic N) is 2. The summed E-state index contributed by atoms with van der Waals surface area (Å²) in [5.74, 6) is 1.77. The molecule has 6 rings (SSSR count). The second-order valence-electron chi connectivity index (χ2n) is 12.6. The van der Waals surface area contributed by atoms with Crippen molar-refractivity contribution in [1.82, 2.24) is 10.2 Å². The molecule has 222 valence electrons. The minimum absolute atomic E-state index is 0.190. The summed E-state index contributed by atoms with van der Waals surface area (Å²) in [6, 6.07) is 14.7. The highest BCUT2D eigenvalue weighted by Crippen LogP contribution is 2.60. The van der Waals surface area contributed by atoms with Gasteiger partial charge in [-0.05, 0) is 110 Å². The van der Waals surface area contributed by atoms with Gasteiger partial charge >= 0.3 is 0 Å². The first-order chi connectivity index (χ1) is 19.5. The zero-order valence-electron chi connectivity index (χ0n) is 24.3. The molecule has 41 heavy (non-hydrogen) atoms. The fourth-order valence-corrected chi connectivity index (χ4v) is 8.94. The molecule has 0 spiro atoms. The second kappa shape index (κ2) is 12.1. The van der Waals surface area contributed by atoms with Gasteiger partial charge in [-0.2, -0.15) is 0 Å². The Morgan fingerprint density at radius 3 is 2.05 bits per heavy atom. The van der Waals surface area contributed by atoms with Crippen molar-refractivity contribution in [3.05, 3.63) is 64.1 Å². The van der Waals surface area contributed by atoms with Crippen molar-refractivity contribution in [3.8, 4) is 0 Å². The summed E-state index contributed by atoms with van der Waals surface area (Å²) >= 11 is 3.43. The molecular weight excluding hydrogens is 602 g/mol. The van der Waals surface area contributed by atoms with Crippen LogP contribution in [-0.4, -0.2) is 50.5 Å². The van der Waals surface area contributed by atoms with Crippen LogP contribution in [0.3, 0.4) is 0 Å². The molecule has 7 nitrogen and oxygen atoms in total. The fourth-order valence-electron chi connectivity index (χ4n) is 7.82. The smallest absolute Gasteiger partial charge is 0.244 e. The highest BCUT2D eigenvalue weighted by atomic mass is 79.9. The van der Waals surface area contributed by atoms with Crippen molar-refractivity contribution in [3.63, 3.8) is 0 Å². The van der Waals surface area contributed by atoms with Crippen LogP contribution < -0.4 is 9.62 Å². The molecule has 0 heterocycles. The first-order valence-electron chi connectivity index (χ1n) is 14.9. The molecule has 4 aliphatic rings. The maximum absolute atomic E-state index is 13.8. The van der Waals surface area contributed by atoms with Crippen molar-refractivity contribution >= 4 is 43.5 Å². The minimum atomic E-state index is -3.76. The standard InChI is InChI=1S/C32H42BrN3O4S/c1-4-13-34-31(38)22(2)35(20-23-5-9-28(33)10-6-23)30(37)21-36(41(3,39)40)29-11-7-27(8-12-29)32-17-24-14-25(18-32)16-26(15-24)19-32/h5-12,22,24-26H,4,13-21H2,1-3H3,(H,34,38)/t22-,24?,25?,26?,32?/m1/s1. The number of rotatable bonds is 11. The average Bonchev–Trinajstić information content (AvgIpc) is 2.92. The molecule has 9 heteroatoms. The molecule has 4 bridgehead atoms. The van der Waals surface area contributed by atoms with Gasteiger partial charge in [0.2, 0.25) is 21.8 Å². The third-order valence-electron chi connectivity index (χ3n) is 9.47. The van der Waals surface area contributed by atoms with E-state index < -0.39 is 22.0 Å². The lowest BCUT2D eigenvalue weighted by molar-refractivity contribution is -0.139. The fraction of sp³-hybridized carbons (Fsp3) is 0.562. The van der Waals surface area contributed by atoms with Crippen LogP contribution in [0.1, 0.15) is 69.9 Å². The zero-order chi connectivity index (χ0) is 29.4. The largest absolute Gasteiger partial charge is 0.354 e. The number of carbonyl (C=O) groups is 2. The highest BCUT2D eigenvalue weighted by molar-refractivity contribution is 9.10. The van der Waals surface area contributed by atoms with Crippen molar-refractivity contribution in [2.45, 2.75) is 76.8 Å².